The third kappa shape index (κ3) is 3.01. The van der Waals surface area contributed by atoms with Crippen LogP contribution in [0.3, 0.4) is 0 Å². The van der Waals surface area contributed by atoms with Crippen LogP contribution in [0.1, 0.15) is 18.1 Å². The van der Waals surface area contributed by atoms with E-state index in [2.05, 4.69) is 9.98 Å². The van der Waals surface area contributed by atoms with Crippen LogP contribution >= 0.6 is 0 Å². The Labute approximate surface area is 141 Å². The van der Waals surface area contributed by atoms with Crippen molar-refractivity contribution >= 4 is 12.0 Å². The van der Waals surface area contributed by atoms with Crippen LogP contribution in [0.5, 0.6) is 0 Å². The van der Waals surface area contributed by atoms with Gasteiger partial charge in [-0.05, 0) is 37.1 Å². The summed E-state index contributed by atoms with van der Waals surface area (Å²) in [6.45, 7) is 1.58. The van der Waals surface area contributed by atoms with E-state index in [0.717, 1.165) is 6.07 Å². The Hall–Kier alpha value is -2.70. The van der Waals surface area contributed by atoms with E-state index in [-0.39, 0.29) is 12.0 Å². The van der Waals surface area contributed by atoms with Gasteiger partial charge in [-0.2, -0.15) is 13.2 Å². The maximum atomic E-state index is 13.3. The highest BCUT2D eigenvalue weighted by atomic mass is 19.4. The van der Waals surface area contributed by atoms with Crippen molar-refractivity contribution in [1.29, 1.82) is 0 Å². The summed E-state index contributed by atoms with van der Waals surface area (Å²) < 4.78 is 39.8. The van der Waals surface area contributed by atoms with E-state index in [1.807, 2.05) is 0 Å². The lowest BCUT2D eigenvalue weighted by Gasteiger charge is -2.32. The standard InChI is InChI=1S/C18H15F3N2O2/c1-11-17(16(24)25,10-13-6-4-8-22-15(13)23-11)9-12-5-2-3-7-14(12)18(19,20)21/h2-8,10-11H,9H2,1H3,(H,24,25). The van der Waals surface area contributed by atoms with Gasteiger partial charge in [0.1, 0.15) is 5.41 Å². The maximum absolute atomic E-state index is 13.3. The maximum Gasteiger partial charge on any atom is 0.416 e. The topological polar surface area (TPSA) is 62.5 Å². The number of halogens is 3. The lowest BCUT2D eigenvalue weighted by Crippen LogP contribution is -2.49. The summed E-state index contributed by atoms with van der Waals surface area (Å²) in [6, 6.07) is 7.58. The second-order valence-corrected chi connectivity index (χ2v) is 6.04. The molecular weight excluding hydrogens is 333 g/mol. The van der Waals surface area contributed by atoms with Gasteiger partial charge in [-0.15, -0.1) is 0 Å². The molecule has 1 aromatic carbocycles. The Morgan fingerprint density at radius 1 is 1.24 bits per heavy atom. The smallest absolute Gasteiger partial charge is 0.416 e. The number of carboxylic acid groups (broad SMARTS) is 1. The quantitative estimate of drug-likeness (QED) is 0.925. The summed E-state index contributed by atoms with van der Waals surface area (Å²) in [6.07, 6.45) is -1.85. The highest BCUT2D eigenvalue weighted by Gasteiger charge is 2.45. The van der Waals surface area contributed by atoms with Crippen LogP contribution in [0.15, 0.2) is 47.6 Å². The number of carboxylic acids is 1. The number of aromatic nitrogens is 1. The molecule has 1 aliphatic rings. The summed E-state index contributed by atoms with van der Waals surface area (Å²) in [5.41, 5.74) is -2.07. The molecule has 2 unspecified atom stereocenters. The summed E-state index contributed by atoms with van der Waals surface area (Å²) in [4.78, 5) is 20.5. The van der Waals surface area contributed by atoms with Crippen molar-refractivity contribution in [2.24, 2.45) is 10.4 Å². The van der Waals surface area contributed by atoms with E-state index in [1.54, 1.807) is 19.1 Å². The van der Waals surface area contributed by atoms with Gasteiger partial charge in [0.2, 0.25) is 0 Å². The third-order valence-corrected chi connectivity index (χ3v) is 4.50. The largest absolute Gasteiger partial charge is 0.481 e. The Kier molecular flexibility index (Phi) is 4.10. The molecule has 2 aromatic rings. The number of hydrogen-bond acceptors (Lipinski definition) is 3. The number of fused-ring (bicyclic) bond motifs is 1. The van der Waals surface area contributed by atoms with Crippen LogP contribution in [0.2, 0.25) is 0 Å². The Morgan fingerprint density at radius 3 is 2.64 bits per heavy atom. The fourth-order valence-corrected chi connectivity index (χ4v) is 3.11. The number of alkyl halides is 3. The molecule has 0 saturated heterocycles. The lowest BCUT2D eigenvalue weighted by atomic mass is 9.73. The van der Waals surface area contributed by atoms with Crippen LogP contribution < -0.4 is 10.7 Å². The molecule has 0 bridgehead atoms. The summed E-state index contributed by atoms with van der Waals surface area (Å²) in [5, 5.41) is 10.4. The molecule has 0 saturated carbocycles. The van der Waals surface area contributed by atoms with Crippen molar-refractivity contribution in [3.63, 3.8) is 0 Å². The molecular formula is C18H15F3N2O2. The molecule has 25 heavy (non-hydrogen) atoms. The molecule has 0 aliphatic carbocycles. The van der Waals surface area contributed by atoms with Crippen LogP contribution in [-0.2, 0) is 17.4 Å². The molecule has 4 nitrogen and oxygen atoms in total. The minimum Gasteiger partial charge on any atom is -0.481 e. The van der Waals surface area contributed by atoms with E-state index < -0.39 is 29.2 Å². The highest BCUT2D eigenvalue weighted by Crippen LogP contribution is 2.38. The Balaban J connectivity index is 2.17. The average Bonchev–Trinajstić information content (AvgIpc) is 2.55. The molecule has 0 fully saturated rings. The van der Waals surface area contributed by atoms with Gasteiger partial charge in [0, 0.05) is 11.4 Å². The van der Waals surface area contributed by atoms with E-state index >= 15 is 0 Å². The van der Waals surface area contributed by atoms with Gasteiger partial charge in [0.25, 0.3) is 0 Å². The zero-order chi connectivity index (χ0) is 18.2. The highest BCUT2D eigenvalue weighted by molar-refractivity contribution is 5.84. The van der Waals surface area contributed by atoms with E-state index in [0.29, 0.717) is 10.7 Å². The van der Waals surface area contributed by atoms with Crippen molar-refractivity contribution in [1.82, 2.24) is 4.98 Å². The van der Waals surface area contributed by atoms with Gasteiger partial charge in [0.05, 0.1) is 11.6 Å². The first-order valence-electron chi connectivity index (χ1n) is 7.64. The molecule has 2 heterocycles. The second-order valence-electron chi connectivity index (χ2n) is 6.04. The summed E-state index contributed by atoms with van der Waals surface area (Å²) in [7, 11) is 0. The Morgan fingerprint density at radius 2 is 1.96 bits per heavy atom. The molecule has 1 aromatic heterocycles. The molecule has 0 radical (unpaired) electrons. The van der Waals surface area contributed by atoms with Crippen LogP contribution in [0, 0.1) is 5.41 Å². The molecule has 2 atom stereocenters. The fraction of sp³-hybridized carbons (Fsp3) is 0.278. The third-order valence-electron chi connectivity index (χ3n) is 4.50. The molecule has 0 spiro atoms. The predicted octanol–water partition coefficient (Wildman–Crippen LogP) is 2.22. The molecule has 130 valence electrons. The minimum absolute atomic E-state index is 0.0666. The number of nitrogens with zero attached hydrogens (tertiary/aromatic N) is 2. The molecule has 1 aliphatic heterocycles. The van der Waals surface area contributed by atoms with Gasteiger partial charge in [-0.1, -0.05) is 24.3 Å². The summed E-state index contributed by atoms with van der Waals surface area (Å²) in [5.74, 6) is -1.21. The van der Waals surface area contributed by atoms with Gasteiger partial charge < -0.3 is 5.11 Å². The van der Waals surface area contributed by atoms with Gasteiger partial charge >= 0.3 is 12.1 Å². The number of aliphatic carboxylic acids is 1. The van der Waals surface area contributed by atoms with Gasteiger partial charge in [-0.25, -0.2) is 4.98 Å². The van der Waals surface area contributed by atoms with Crippen LogP contribution in [0.25, 0.3) is 6.08 Å². The number of rotatable bonds is 3. The van der Waals surface area contributed by atoms with E-state index in [9.17, 15) is 23.1 Å². The molecule has 7 heteroatoms. The average molecular weight is 348 g/mol. The van der Waals surface area contributed by atoms with Gasteiger partial charge in [0.15, 0.2) is 5.49 Å². The molecule has 0 amide bonds. The molecule has 1 N–H and O–H groups in total. The van der Waals surface area contributed by atoms with Crippen molar-refractivity contribution < 1.29 is 23.1 Å². The van der Waals surface area contributed by atoms with Crippen molar-refractivity contribution in [2.75, 3.05) is 0 Å². The number of hydrogen-bond donors (Lipinski definition) is 1. The minimum atomic E-state index is -4.55. The first-order valence-corrected chi connectivity index (χ1v) is 7.64. The second kappa shape index (κ2) is 5.98. The number of carbonyl (C=O) groups is 1. The van der Waals surface area contributed by atoms with Gasteiger partial charge in [-0.3, -0.25) is 9.79 Å². The zero-order valence-electron chi connectivity index (χ0n) is 13.3. The van der Waals surface area contributed by atoms with E-state index in [4.69, 9.17) is 0 Å². The number of benzene rings is 1. The lowest BCUT2D eigenvalue weighted by molar-refractivity contribution is -0.147. The van der Waals surface area contributed by atoms with Crippen molar-refractivity contribution in [2.45, 2.75) is 25.6 Å². The predicted molar refractivity (Wildman–Crippen MR) is 84.2 cm³/mol. The normalized spacial score (nSPS) is 22.5. The zero-order valence-corrected chi connectivity index (χ0v) is 13.3. The molecule has 3 rings (SSSR count). The monoisotopic (exact) mass is 348 g/mol. The summed E-state index contributed by atoms with van der Waals surface area (Å²) >= 11 is 0. The van der Waals surface area contributed by atoms with E-state index in [1.165, 1.54) is 30.5 Å². The first-order chi connectivity index (χ1) is 11.7. The van der Waals surface area contributed by atoms with Crippen molar-refractivity contribution in [3.05, 3.63) is 64.4 Å². The number of pyridine rings is 1. The van der Waals surface area contributed by atoms with Crippen LogP contribution in [-0.4, -0.2) is 22.1 Å². The van der Waals surface area contributed by atoms with Crippen molar-refractivity contribution in [3.8, 4) is 0 Å². The Bertz CT molecular complexity index is 940. The fourth-order valence-electron chi connectivity index (χ4n) is 3.11. The van der Waals surface area contributed by atoms with Crippen LogP contribution in [0.4, 0.5) is 13.2 Å². The SMILES string of the molecule is CC1N=c2ncccc2=CC1(Cc1ccccc1C(F)(F)F)C(=O)O. The first kappa shape index (κ1) is 17.1.